The number of rotatable bonds is 4. The highest BCUT2D eigenvalue weighted by Gasteiger charge is 2.14. The van der Waals surface area contributed by atoms with Gasteiger partial charge in [0.05, 0.1) is 12.6 Å². The van der Waals surface area contributed by atoms with Gasteiger partial charge in [-0.15, -0.1) is 0 Å². The molecule has 4 nitrogen and oxygen atoms in total. The minimum Gasteiger partial charge on any atom is -0.454 e. The van der Waals surface area contributed by atoms with Crippen molar-refractivity contribution in [2.24, 2.45) is 0 Å². The molecule has 0 radical (unpaired) electrons. The highest BCUT2D eigenvalue weighted by atomic mass is 127. The maximum atomic E-state index is 11.5. The first-order valence-corrected chi connectivity index (χ1v) is 5.77. The Kier molecular flexibility index (Phi) is 4.59. The monoisotopic (exact) mass is 322 g/mol. The van der Waals surface area contributed by atoms with Crippen LogP contribution in [-0.4, -0.2) is 30.9 Å². The number of carbonyl (C=O) groups is 1. The summed E-state index contributed by atoms with van der Waals surface area (Å²) in [4.78, 5) is 13.1. The fourth-order valence-corrected chi connectivity index (χ4v) is 1.64. The van der Waals surface area contributed by atoms with Crippen LogP contribution >= 0.6 is 22.6 Å². The zero-order valence-corrected chi connectivity index (χ0v) is 11.2. The third-order valence-electron chi connectivity index (χ3n) is 2.02. The fraction of sp³-hybridized carbons (Fsp3) is 0.500. The summed E-state index contributed by atoms with van der Waals surface area (Å²) in [6, 6.07) is 3.61. The molecule has 0 bridgehead atoms. The summed E-state index contributed by atoms with van der Waals surface area (Å²) in [6.07, 6.45) is 0. The van der Waals surface area contributed by atoms with Gasteiger partial charge in [-0.1, -0.05) is 0 Å². The lowest BCUT2D eigenvalue weighted by atomic mass is 10.3. The minimum atomic E-state index is -0.192. The van der Waals surface area contributed by atoms with E-state index in [1.165, 1.54) is 0 Å². The maximum Gasteiger partial charge on any atom is 0.238 e. The van der Waals surface area contributed by atoms with Crippen LogP contribution < -0.4 is 5.32 Å². The first kappa shape index (κ1) is 12.5. The van der Waals surface area contributed by atoms with Gasteiger partial charge in [-0.05, 0) is 41.6 Å². The number of furan rings is 1. The average Bonchev–Trinajstić information content (AvgIpc) is 2.59. The Morgan fingerprint density at radius 3 is 2.73 bits per heavy atom. The predicted molar refractivity (Wildman–Crippen MR) is 66.4 cm³/mol. The highest BCUT2D eigenvalue weighted by molar-refractivity contribution is 14.1. The van der Waals surface area contributed by atoms with Crippen molar-refractivity contribution in [2.75, 3.05) is 14.1 Å². The number of likely N-dealkylation sites (N-methyl/N-ethyl adjacent to an activating group) is 1. The smallest absolute Gasteiger partial charge is 0.238 e. The Hall–Kier alpha value is -0.560. The Bertz CT molecular complexity index is 336. The van der Waals surface area contributed by atoms with Crippen LogP contribution in [0.25, 0.3) is 0 Å². The van der Waals surface area contributed by atoms with Gasteiger partial charge in [0.1, 0.15) is 5.76 Å². The molecular weight excluding hydrogens is 307 g/mol. The zero-order chi connectivity index (χ0) is 11.4. The zero-order valence-electron chi connectivity index (χ0n) is 9.08. The largest absolute Gasteiger partial charge is 0.454 e. The number of carbonyl (C=O) groups excluding carboxylic acids is 1. The number of hydrogen-bond donors (Lipinski definition) is 1. The van der Waals surface area contributed by atoms with Crippen molar-refractivity contribution in [3.8, 4) is 0 Å². The Morgan fingerprint density at radius 2 is 2.27 bits per heavy atom. The number of halogens is 1. The Labute approximate surface area is 103 Å². The first-order chi connectivity index (χ1) is 7.00. The summed E-state index contributed by atoms with van der Waals surface area (Å²) >= 11 is 2.11. The van der Waals surface area contributed by atoms with Crippen molar-refractivity contribution in [2.45, 2.75) is 19.5 Å². The molecule has 1 atom stereocenters. The molecule has 1 aromatic rings. The van der Waals surface area contributed by atoms with Gasteiger partial charge in [-0.3, -0.25) is 10.1 Å². The first-order valence-electron chi connectivity index (χ1n) is 4.69. The number of nitrogens with one attached hydrogen (secondary N) is 1. The van der Waals surface area contributed by atoms with E-state index in [1.807, 2.05) is 19.1 Å². The van der Waals surface area contributed by atoms with Crippen molar-refractivity contribution in [3.05, 3.63) is 21.7 Å². The number of nitrogens with zero attached hydrogens (tertiary/aromatic N) is 1. The predicted octanol–water partition coefficient (Wildman–Crippen LogP) is 1.45. The Morgan fingerprint density at radius 1 is 1.60 bits per heavy atom. The molecule has 0 aliphatic heterocycles. The van der Waals surface area contributed by atoms with Crippen LogP contribution in [0.4, 0.5) is 0 Å². The van der Waals surface area contributed by atoms with Crippen LogP contribution in [0.1, 0.15) is 12.7 Å². The molecule has 0 fully saturated rings. The minimum absolute atomic E-state index is 0.0660. The second-order valence-electron chi connectivity index (χ2n) is 3.54. The van der Waals surface area contributed by atoms with Gasteiger partial charge in [0, 0.05) is 14.1 Å². The Balaban J connectivity index is 2.40. The maximum absolute atomic E-state index is 11.5. The summed E-state index contributed by atoms with van der Waals surface area (Å²) in [5, 5.41) is 3.11. The van der Waals surface area contributed by atoms with Gasteiger partial charge in [-0.2, -0.15) is 0 Å². The standard InChI is InChI=1S/C10H15IN2O2/c1-7(10(14)13(2)3)12-6-8-4-5-9(11)15-8/h4-5,7,12H,6H2,1-3H3. The molecule has 0 saturated carbocycles. The molecule has 1 N–H and O–H groups in total. The quantitative estimate of drug-likeness (QED) is 0.854. The highest BCUT2D eigenvalue weighted by Crippen LogP contribution is 2.09. The van der Waals surface area contributed by atoms with Gasteiger partial charge in [0.2, 0.25) is 5.91 Å². The summed E-state index contributed by atoms with van der Waals surface area (Å²) in [6.45, 7) is 2.42. The topological polar surface area (TPSA) is 45.5 Å². The molecule has 1 amide bonds. The van der Waals surface area contributed by atoms with E-state index >= 15 is 0 Å². The van der Waals surface area contributed by atoms with Crippen LogP contribution in [0.2, 0.25) is 0 Å². The molecule has 0 saturated heterocycles. The van der Waals surface area contributed by atoms with E-state index < -0.39 is 0 Å². The molecule has 0 aliphatic carbocycles. The molecule has 0 aromatic carbocycles. The summed E-state index contributed by atoms with van der Waals surface area (Å²) < 4.78 is 6.23. The van der Waals surface area contributed by atoms with Crippen LogP contribution in [0.5, 0.6) is 0 Å². The van der Waals surface area contributed by atoms with E-state index in [4.69, 9.17) is 4.42 Å². The molecule has 1 heterocycles. The molecule has 15 heavy (non-hydrogen) atoms. The van der Waals surface area contributed by atoms with Crippen molar-refractivity contribution in [1.82, 2.24) is 10.2 Å². The van der Waals surface area contributed by atoms with E-state index in [2.05, 4.69) is 27.9 Å². The lowest BCUT2D eigenvalue weighted by Gasteiger charge is -2.17. The van der Waals surface area contributed by atoms with Gasteiger partial charge in [-0.25, -0.2) is 0 Å². The van der Waals surface area contributed by atoms with Crippen molar-refractivity contribution >= 4 is 28.5 Å². The van der Waals surface area contributed by atoms with Crippen molar-refractivity contribution in [3.63, 3.8) is 0 Å². The van der Waals surface area contributed by atoms with E-state index in [9.17, 15) is 4.79 Å². The average molecular weight is 322 g/mol. The number of amides is 1. The summed E-state index contributed by atoms with van der Waals surface area (Å²) in [5.74, 6) is 0.911. The molecule has 1 rings (SSSR count). The molecule has 0 aliphatic rings. The SMILES string of the molecule is CC(NCc1ccc(I)o1)C(=O)N(C)C. The van der Waals surface area contributed by atoms with E-state index in [1.54, 1.807) is 19.0 Å². The second kappa shape index (κ2) is 5.50. The van der Waals surface area contributed by atoms with Gasteiger partial charge in [0.15, 0.2) is 3.77 Å². The summed E-state index contributed by atoms with van der Waals surface area (Å²) in [5.41, 5.74) is 0. The van der Waals surface area contributed by atoms with Crippen LogP contribution in [0.15, 0.2) is 16.5 Å². The normalized spacial score (nSPS) is 12.5. The van der Waals surface area contributed by atoms with Crippen LogP contribution in [0, 0.1) is 3.77 Å². The van der Waals surface area contributed by atoms with Gasteiger partial charge < -0.3 is 9.32 Å². The van der Waals surface area contributed by atoms with E-state index in [0.717, 1.165) is 9.53 Å². The molecule has 1 aromatic heterocycles. The third kappa shape index (κ3) is 3.83. The van der Waals surface area contributed by atoms with Gasteiger partial charge >= 0.3 is 0 Å². The van der Waals surface area contributed by atoms with Crippen LogP contribution in [0.3, 0.4) is 0 Å². The molecule has 84 valence electrons. The lowest BCUT2D eigenvalue weighted by molar-refractivity contribution is -0.130. The molecular formula is C10H15IN2O2. The molecule has 1 unspecified atom stereocenters. The van der Waals surface area contributed by atoms with E-state index in [-0.39, 0.29) is 11.9 Å². The van der Waals surface area contributed by atoms with Gasteiger partial charge in [0.25, 0.3) is 0 Å². The lowest BCUT2D eigenvalue weighted by Crippen LogP contribution is -2.41. The molecule has 0 spiro atoms. The van der Waals surface area contributed by atoms with E-state index in [0.29, 0.717) is 6.54 Å². The number of hydrogen-bond acceptors (Lipinski definition) is 3. The molecule has 5 heteroatoms. The van der Waals surface area contributed by atoms with Crippen molar-refractivity contribution in [1.29, 1.82) is 0 Å². The second-order valence-corrected chi connectivity index (χ2v) is 4.60. The summed E-state index contributed by atoms with van der Waals surface area (Å²) in [7, 11) is 3.49. The van der Waals surface area contributed by atoms with Crippen molar-refractivity contribution < 1.29 is 9.21 Å². The van der Waals surface area contributed by atoms with Crippen LogP contribution in [-0.2, 0) is 11.3 Å². The third-order valence-corrected chi connectivity index (χ3v) is 2.60. The fourth-order valence-electron chi connectivity index (χ4n) is 1.18.